The second-order valence-electron chi connectivity index (χ2n) is 6.59. The smallest absolute Gasteiger partial charge is 0.239 e. The molecule has 0 radical (unpaired) electrons. The SMILES string of the molecule is O=C(NCc1nc2ccccc2[nH]1)C1NNC2CCCCCC21. The summed E-state index contributed by atoms with van der Waals surface area (Å²) in [5.74, 6) is 1.25. The zero-order valence-electron chi connectivity index (χ0n) is 13.1. The average Bonchev–Trinajstić information content (AvgIpc) is 3.09. The second-order valence-corrected chi connectivity index (χ2v) is 6.59. The van der Waals surface area contributed by atoms with Crippen LogP contribution in [0.25, 0.3) is 11.0 Å². The first-order chi connectivity index (χ1) is 11.3. The number of H-pyrrole nitrogens is 1. The fourth-order valence-corrected chi connectivity index (χ4v) is 3.85. The molecule has 2 fully saturated rings. The van der Waals surface area contributed by atoms with E-state index in [-0.39, 0.29) is 11.9 Å². The molecule has 1 saturated heterocycles. The zero-order chi connectivity index (χ0) is 15.6. The van der Waals surface area contributed by atoms with Crippen LogP contribution in [-0.4, -0.2) is 28.0 Å². The number of nitrogens with one attached hydrogen (secondary N) is 4. The number of carbonyl (C=O) groups excluding carboxylic acids is 1. The van der Waals surface area contributed by atoms with Crippen LogP contribution in [0.3, 0.4) is 0 Å². The number of rotatable bonds is 3. The summed E-state index contributed by atoms with van der Waals surface area (Å²) in [6.45, 7) is 0.434. The van der Waals surface area contributed by atoms with Crippen LogP contribution in [0, 0.1) is 5.92 Å². The van der Waals surface area contributed by atoms with Crippen LogP contribution in [-0.2, 0) is 11.3 Å². The number of imidazole rings is 1. The molecule has 0 spiro atoms. The molecule has 6 nitrogen and oxygen atoms in total. The van der Waals surface area contributed by atoms with Gasteiger partial charge in [0, 0.05) is 12.0 Å². The standard InChI is InChI=1S/C17H23N5O/c23-17(16-11-6-2-1-3-7-12(11)21-22-16)18-10-15-19-13-8-4-5-9-14(13)20-15/h4-5,8-9,11-12,16,21-22H,1-3,6-7,10H2,(H,18,23)(H,19,20). The number of para-hydroxylation sites is 2. The van der Waals surface area contributed by atoms with Crippen LogP contribution in [0.1, 0.15) is 37.9 Å². The lowest BCUT2D eigenvalue weighted by Crippen LogP contribution is -2.45. The molecule has 1 aromatic carbocycles. The van der Waals surface area contributed by atoms with Crippen LogP contribution in [0.5, 0.6) is 0 Å². The number of aromatic nitrogens is 2. The highest BCUT2D eigenvalue weighted by Crippen LogP contribution is 2.29. The van der Waals surface area contributed by atoms with Gasteiger partial charge in [0.05, 0.1) is 17.6 Å². The third-order valence-corrected chi connectivity index (χ3v) is 5.07. The number of benzene rings is 1. The summed E-state index contributed by atoms with van der Waals surface area (Å²) in [6, 6.07) is 8.19. The van der Waals surface area contributed by atoms with Crippen LogP contribution >= 0.6 is 0 Å². The maximum absolute atomic E-state index is 12.5. The topological polar surface area (TPSA) is 81.8 Å². The molecular weight excluding hydrogens is 290 g/mol. The first kappa shape index (κ1) is 14.7. The minimum atomic E-state index is -0.137. The van der Waals surface area contributed by atoms with Crippen LogP contribution in [0.15, 0.2) is 24.3 Å². The lowest BCUT2D eigenvalue weighted by atomic mass is 9.90. The Bertz CT molecular complexity index is 664. The highest BCUT2D eigenvalue weighted by atomic mass is 16.2. The molecular formula is C17H23N5O. The van der Waals surface area contributed by atoms with Crippen molar-refractivity contribution in [2.24, 2.45) is 5.92 Å². The molecule has 0 bridgehead atoms. The summed E-state index contributed by atoms with van der Waals surface area (Å²) in [4.78, 5) is 20.3. The molecule has 3 unspecified atom stereocenters. The number of fused-ring (bicyclic) bond motifs is 2. The lowest BCUT2D eigenvalue weighted by molar-refractivity contribution is -0.124. The number of carbonyl (C=O) groups is 1. The highest BCUT2D eigenvalue weighted by molar-refractivity contribution is 5.82. The third kappa shape index (κ3) is 2.96. The van der Waals surface area contributed by atoms with Crippen LogP contribution < -0.4 is 16.2 Å². The van der Waals surface area contributed by atoms with Gasteiger partial charge in [-0.05, 0) is 25.0 Å². The minimum absolute atomic E-state index is 0.0624. The maximum Gasteiger partial charge on any atom is 0.239 e. The Morgan fingerprint density at radius 3 is 2.96 bits per heavy atom. The van der Waals surface area contributed by atoms with Gasteiger partial charge < -0.3 is 10.3 Å². The van der Waals surface area contributed by atoms with Crippen molar-refractivity contribution in [3.05, 3.63) is 30.1 Å². The van der Waals surface area contributed by atoms with Crippen molar-refractivity contribution in [2.45, 2.75) is 50.7 Å². The number of amides is 1. The Balaban J connectivity index is 1.39. The molecule has 2 aromatic rings. The summed E-state index contributed by atoms with van der Waals surface area (Å²) in [6.07, 6.45) is 6.03. The summed E-state index contributed by atoms with van der Waals surface area (Å²) in [5, 5.41) is 3.02. The molecule has 122 valence electrons. The Morgan fingerprint density at radius 2 is 2.04 bits per heavy atom. The molecule has 4 N–H and O–H groups in total. The van der Waals surface area contributed by atoms with E-state index < -0.39 is 0 Å². The van der Waals surface area contributed by atoms with E-state index in [9.17, 15) is 4.79 Å². The monoisotopic (exact) mass is 313 g/mol. The molecule has 1 aliphatic heterocycles. The van der Waals surface area contributed by atoms with E-state index in [2.05, 4.69) is 26.1 Å². The molecule has 1 amide bonds. The van der Waals surface area contributed by atoms with Crippen molar-refractivity contribution in [3.63, 3.8) is 0 Å². The van der Waals surface area contributed by atoms with Crippen molar-refractivity contribution in [1.82, 2.24) is 26.1 Å². The van der Waals surface area contributed by atoms with Crippen molar-refractivity contribution in [1.29, 1.82) is 0 Å². The van der Waals surface area contributed by atoms with E-state index in [1.807, 2.05) is 24.3 Å². The quantitative estimate of drug-likeness (QED) is 0.694. The average molecular weight is 313 g/mol. The Morgan fingerprint density at radius 1 is 1.17 bits per heavy atom. The molecule has 2 heterocycles. The minimum Gasteiger partial charge on any atom is -0.347 e. The van der Waals surface area contributed by atoms with Gasteiger partial charge in [-0.2, -0.15) is 0 Å². The van der Waals surface area contributed by atoms with Crippen molar-refractivity contribution in [2.75, 3.05) is 0 Å². The fourth-order valence-electron chi connectivity index (χ4n) is 3.85. The Labute approximate surface area is 135 Å². The Kier molecular flexibility index (Phi) is 4.01. The molecule has 4 rings (SSSR count). The van der Waals surface area contributed by atoms with Gasteiger partial charge in [0.25, 0.3) is 0 Å². The van der Waals surface area contributed by atoms with Gasteiger partial charge in [0.1, 0.15) is 11.9 Å². The van der Waals surface area contributed by atoms with Crippen LogP contribution in [0.2, 0.25) is 0 Å². The third-order valence-electron chi connectivity index (χ3n) is 5.07. The zero-order valence-corrected chi connectivity index (χ0v) is 13.1. The second kappa shape index (κ2) is 6.29. The van der Waals surface area contributed by atoms with E-state index in [1.54, 1.807) is 0 Å². The van der Waals surface area contributed by atoms with Crippen molar-refractivity contribution in [3.8, 4) is 0 Å². The molecule has 2 aliphatic rings. The summed E-state index contributed by atoms with van der Waals surface area (Å²) in [7, 11) is 0. The highest BCUT2D eigenvalue weighted by Gasteiger charge is 2.39. The van der Waals surface area contributed by atoms with Gasteiger partial charge in [-0.1, -0.05) is 31.4 Å². The summed E-state index contributed by atoms with van der Waals surface area (Å²) < 4.78 is 0. The number of hydrogen-bond acceptors (Lipinski definition) is 4. The number of hydrazine groups is 1. The summed E-state index contributed by atoms with van der Waals surface area (Å²) >= 11 is 0. The van der Waals surface area contributed by atoms with E-state index in [1.165, 1.54) is 19.3 Å². The predicted molar refractivity (Wildman–Crippen MR) is 88.4 cm³/mol. The van der Waals surface area contributed by atoms with Crippen molar-refractivity contribution < 1.29 is 4.79 Å². The number of aromatic amines is 1. The van der Waals surface area contributed by atoms with Gasteiger partial charge in [-0.15, -0.1) is 0 Å². The van der Waals surface area contributed by atoms with E-state index in [0.717, 1.165) is 29.7 Å². The summed E-state index contributed by atoms with van der Waals surface area (Å²) in [5.41, 5.74) is 8.44. The molecule has 1 aromatic heterocycles. The van der Waals surface area contributed by atoms with E-state index >= 15 is 0 Å². The fraction of sp³-hybridized carbons (Fsp3) is 0.529. The normalized spacial score (nSPS) is 27.6. The molecule has 23 heavy (non-hydrogen) atoms. The van der Waals surface area contributed by atoms with E-state index in [0.29, 0.717) is 18.5 Å². The van der Waals surface area contributed by atoms with E-state index in [4.69, 9.17) is 0 Å². The molecule has 3 atom stereocenters. The van der Waals surface area contributed by atoms with Gasteiger partial charge in [0.15, 0.2) is 0 Å². The van der Waals surface area contributed by atoms with Gasteiger partial charge in [-0.3, -0.25) is 10.2 Å². The van der Waals surface area contributed by atoms with Gasteiger partial charge >= 0.3 is 0 Å². The number of nitrogens with zero attached hydrogens (tertiary/aromatic N) is 1. The predicted octanol–water partition coefficient (Wildman–Crippen LogP) is 1.60. The Hall–Kier alpha value is -1.92. The van der Waals surface area contributed by atoms with Gasteiger partial charge in [0.2, 0.25) is 5.91 Å². The molecule has 6 heteroatoms. The largest absolute Gasteiger partial charge is 0.347 e. The van der Waals surface area contributed by atoms with Crippen LogP contribution in [0.4, 0.5) is 0 Å². The number of hydrogen-bond donors (Lipinski definition) is 4. The molecule has 1 aliphatic carbocycles. The first-order valence-corrected chi connectivity index (χ1v) is 8.53. The molecule has 1 saturated carbocycles. The van der Waals surface area contributed by atoms with Gasteiger partial charge in [-0.25, -0.2) is 10.4 Å². The first-order valence-electron chi connectivity index (χ1n) is 8.53. The lowest BCUT2D eigenvalue weighted by Gasteiger charge is -2.19. The maximum atomic E-state index is 12.5. The van der Waals surface area contributed by atoms with Crippen molar-refractivity contribution >= 4 is 16.9 Å².